The summed E-state index contributed by atoms with van der Waals surface area (Å²) in [5.41, 5.74) is 0.955. The van der Waals surface area contributed by atoms with Gasteiger partial charge in [-0.05, 0) is 12.0 Å². The zero-order chi connectivity index (χ0) is 12.1. The molecular weight excluding hydrogens is 218 g/mol. The van der Waals surface area contributed by atoms with E-state index in [0.717, 1.165) is 12.0 Å². The largest absolute Gasteiger partial charge is 0.461 e. The Kier molecular flexibility index (Phi) is 3.75. The van der Waals surface area contributed by atoms with E-state index in [1.165, 1.54) is 0 Å². The lowest BCUT2D eigenvalue weighted by molar-refractivity contribution is -0.147. The summed E-state index contributed by atoms with van der Waals surface area (Å²) in [7, 11) is 0. The third-order valence-electron chi connectivity index (χ3n) is 2.82. The fourth-order valence-corrected chi connectivity index (χ4v) is 1.84. The number of hydrogen-bond acceptors (Lipinski definition) is 3. The molecule has 1 fully saturated rings. The Bertz CT molecular complexity index is 402. The Hall–Kier alpha value is -1.84. The highest BCUT2D eigenvalue weighted by Crippen LogP contribution is 2.15. The topological polar surface area (TPSA) is 55.4 Å². The second-order valence-electron chi connectivity index (χ2n) is 4.13. The Morgan fingerprint density at radius 3 is 2.76 bits per heavy atom. The molecule has 0 saturated carbocycles. The molecule has 0 bridgehead atoms. The van der Waals surface area contributed by atoms with E-state index in [2.05, 4.69) is 5.32 Å². The number of nitrogens with one attached hydrogen (secondary N) is 1. The molecule has 0 spiro atoms. The van der Waals surface area contributed by atoms with E-state index in [1.807, 2.05) is 30.3 Å². The number of carbonyl (C=O) groups is 2. The molecule has 1 aromatic carbocycles. The lowest BCUT2D eigenvalue weighted by Gasteiger charge is -2.07. The van der Waals surface area contributed by atoms with Gasteiger partial charge in [-0.1, -0.05) is 30.3 Å². The Balaban J connectivity index is 1.76. The average Bonchev–Trinajstić information content (AvgIpc) is 2.74. The van der Waals surface area contributed by atoms with Crippen LogP contribution >= 0.6 is 0 Å². The van der Waals surface area contributed by atoms with Crippen LogP contribution in [-0.4, -0.2) is 18.4 Å². The van der Waals surface area contributed by atoms with E-state index in [4.69, 9.17) is 4.74 Å². The van der Waals surface area contributed by atoms with Gasteiger partial charge >= 0.3 is 5.97 Å². The summed E-state index contributed by atoms with van der Waals surface area (Å²) in [6, 6.07) is 9.50. The highest BCUT2D eigenvalue weighted by atomic mass is 16.5. The molecule has 1 aromatic rings. The van der Waals surface area contributed by atoms with Crippen molar-refractivity contribution in [1.29, 1.82) is 0 Å². The van der Waals surface area contributed by atoms with E-state index in [-0.39, 0.29) is 30.8 Å². The van der Waals surface area contributed by atoms with Crippen LogP contribution in [0.3, 0.4) is 0 Å². The SMILES string of the molecule is O=C(CC1CCNC1=O)OCc1ccccc1. The predicted octanol–water partition coefficient (Wildman–Crippen LogP) is 1.26. The van der Waals surface area contributed by atoms with Gasteiger partial charge in [-0.25, -0.2) is 0 Å². The quantitative estimate of drug-likeness (QED) is 0.796. The smallest absolute Gasteiger partial charge is 0.306 e. The summed E-state index contributed by atoms with van der Waals surface area (Å²) >= 11 is 0. The van der Waals surface area contributed by atoms with Gasteiger partial charge in [0.1, 0.15) is 6.61 Å². The maximum atomic E-state index is 11.5. The first-order valence-electron chi connectivity index (χ1n) is 5.73. The van der Waals surface area contributed by atoms with Crippen LogP contribution in [0, 0.1) is 5.92 Å². The molecule has 2 rings (SSSR count). The third-order valence-corrected chi connectivity index (χ3v) is 2.82. The molecular formula is C13H15NO3. The Morgan fingerprint density at radius 2 is 2.12 bits per heavy atom. The van der Waals surface area contributed by atoms with Crippen molar-refractivity contribution in [3.8, 4) is 0 Å². The number of ether oxygens (including phenoxy) is 1. The summed E-state index contributed by atoms with van der Waals surface area (Å²) in [4.78, 5) is 22.8. The van der Waals surface area contributed by atoms with Crippen molar-refractivity contribution in [2.45, 2.75) is 19.4 Å². The highest BCUT2D eigenvalue weighted by molar-refractivity contribution is 5.85. The van der Waals surface area contributed by atoms with Crippen LogP contribution < -0.4 is 5.32 Å². The molecule has 17 heavy (non-hydrogen) atoms. The van der Waals surface area contributed by atoms with Crippen LogP contribution in [0.5, 0.6) is 0 Å². The maximum absolute atomic E-state index is 11.5. The molecule has 0 aliphatic carbocycles. The maximum Gasteiger partial charge on any atom is 0.306 e. The lowest BCUT2D eigenvalue weighted by Crippen LogP contribution is -2.21. The first-order chi connectivity index (χ1) is 8.25. The van der Waals surface area contributed by atoms with Gasteiger partial charge in [-0.2, -0.15) is 0 Å². The Labute approximate surface area is 100.0 Å². The standard InChI is InChI=1S/C13H15NO3/c15-12(8-11-6-7-14-13(11)16)17-9-10-4-2-1-3-5-10/h1-5,11H,6-9H2,(H,14,16). The number of esters is 1. The minimum atomic E-state index is -0.309. The van der Waals surface area contributed by atoms with Crippen LogP contribution in [0.15, 0.2) is 30.3 Å². The van der Waals surface area contributed by atoms with Crippen molar-refractivity contribution in [3.63, 3.8) is 0 Å². The molecule has 1 amide bonds. The third kappa shape index (κ3) is 3.31. The number of benzene rings is 1. The molecule has 1 atom stereocenters. The molecule has 0 radical (unpaired) electrons. The minimum Gasteiger partial charge on any atom is -0.461 e. The van der Waals surface area contributed by atoms with Gasteiger partial charge in [-0.3, -0.25) is 9.59 Å². The molecule has 1 saturated heterocycles. The van der Waals surface area contributed by atoms with E-state index in [1.54, 1.807) is 0 Å². The molecule has 1 unspecified atom stereocenters. The molecule has 90 valence electrons. The summed E-state index contributed by atoms with van der Waals surface area (Å²) in [6.45, 7) is 0.934. The predicted molar refractivity (Wildman–Crippen MR) is 62.0 cm³/mol. The van der Waals surface area contributed by atoms with Crippen LogP contribution in [0.2, 0.25) is 0 Å². The summed E-state index contributed by atoms with van der Waals surface area (Å²) in [5, 5.41) is 2.70. The zero-order valence-corrected chi connectivity index (χ0v) is 9.52. The molecule has 4 nitrogen and oxygen atoms in total. The van der Waals surface area contributed by atoms with Crippen LogP contribution in [0.1, 0.15) is 18.4 Å². The minimum absolute atomic E-state index is 0.0401. The van der Waals surface area contributed by atoms with Gasteiger partial charge < -0.3 is 10.1 Å². The fourth-order valence-electron chi connectivity index (χ4n) is 1.84. The number of amides is 1. The van der Waals surface area contributed by atoms with Gasteiger partial charge in [0.2, 0.25) is 5.91 Å². The van der Waals surface area contributed by atoms with Gasteiger partial charge in [0.25, 0.3) is 0 Å². The normalized spacial score (nSPS) is 18.8. The van der Waals surface area contributed by atoms with E-state index < -0.39 is 0 Å². The van der Waals surface area contributed by atoms with Crippen molar-refractivity contribution in [1.82, 2.24) is 5.32 Å². The van der Waals surface area contributed by atoms with Crippen molar-refractivity contribution in [2.75, 3.05) is 6.54 Å². The molecule has 0 aromatic heterocycles. The lowest BCUT2D eigenvalue weighted by atomic mass is 10.0. The highest BCUT2D eigenvalue weighted by Gasteiger charge is 2.26. The van der Waals surface area contributed by atoms with Crippen LogP contribution in [0.4, 0.5) is 0 Å². The summed E-state index contributed by atoms with van der Waals surface area (Å²) in [6.07, 6.45) is 0.901. The van der Waals surface area contributed by atoms with E-state index >= 15 is 0 Å². The average molecular weight is 233 g/mol. The van der Waals surface area contributed by atoms with E-state index in [9.17, 15) is 9.59 Å². The number of hydrogen-bond donors (Lipinski definition) is 1. The summed E-state index contributed by atoms with van der Waals surface area (Å²) < 4.78 is 5.12. The van der Waals surface area contributed by atoms with Gasteiger partial charge in [0.15, 0.2) is 0 Å². The monoisotopic (exact) mass is 233 g/mol. The number of carbonyl (C=O) groups excluding carboxylic acids is 2. The van der Waals surface area contributed by atoms with Crippen LogP contribution in [0.25, 0.3) is 0 Å². The second-order valence-corrected chi connectivity index (χ2v) is 4.13. The molecule has 1 N–H and O–H groups in total. The second kappa shape index (κ2) is 5.48. The van der Waals surface area contributed by atoms with Gasteiger partial charge in [0.05, 0.1) is 12.3 Å². The number of rotatable bonds is 4. The molecule has 1 aliphatic rings. The molecule has 4 heteroatoms. The first-order valence-corrected chi connectivity index (χ1v) is 5.73. The van der Waals surface area contributed by atoms with Gasteiger partial charge in [-0.15, -0.1) is 0 Å². The van der Waals surface area contributed by atoms with Crippen LogP contribution in [-0.2, 0) is 20.9 Å². The first kappa shape index (κ1) is 11.6. The molecule has 1 heterocycles. The Morgan fingerprint density at radius 1 is 1.35 bits per heavy atom. The summed E-state index contributed by atoms with van der Waals surface area (Å²) in [5.74, 6) is -0.559. The van der Waals surface area contributed by atoms with Crippen molar-refractivity contribution in [3.05, 3.63) is 35.9 Å². The fraction of sp³-hybridized carbons (Fsp3) is 0.385. The zero-order valence-electron chi connectivity index (χ0n) is 9.52. The van der Waals surface area contributed by atoms with Crippen molar-refractivity contribution in [2.24, 2.45) is 5.92 Å². The van der Waals surface area contributed by atoms with Crippen molar-refractivity contribution < 1.29 is 14.3 Å². The van der Waals surface area contributed by atoms with Gasteiger partial charge in [0, 0.05) is 6.54 Å². The van der Waals surface area contributed by atoms with Crippen molar-refractivity contribution >= 4 is 11.9 Å². The van der Waals surface area contributed by atoms with E-state index in [0.29, 0.717) is 6.54 Å². The molecule has 1 aliphatic heterocycles.